The van der Waals surface area contributed by atoms with Gasteiger partial charge in [0.25, 0.3) is 11.8 Å². The van der Waals surface area contributed by atoms with E-state index in [1.807, 2.05) is 13.8 Å². The molecule has 0 aromatic heterocycles. The molecule has 1 fully saturated rings. The number of carbonyl (C=O) groups is 3. The largest absolute Gasteiger partial charge is 0.356 e. The maximum Gasteiger partial charge on any atom is 0.258 e. The Kier molecular flexibility index (Phi) is 7.39. The molecule has 1 saturated heterocycles. The van der Waals surface area contributed by atoms with Crippen molar-refractivity contribution in [2.24, 2.45) is 11.8 Å². The first-order valence-corrected chi connectivity index (χ1v) is 10.6. The van der Waals surface area contributed by atoms with Crippen molar-refractivity contribution >= 4 is 23.4 Å². The Morgan fingerprint density at radius 3 is 2.65 bits per heavy atom. The molecule has 0 bridgehead atoms. The first-order valence-electron chi connectivity index (χ1n) is 10.6. The summed E-state index contributed by atoms with van der Waals surface area (Å²) in [5.41, 5.74) is 0.752. The molecule has 1 heterocycles. The van der Waals surface area contributed by atoms with Crippen LogP contribution in [0.15, 0.2) is 48.5 Å². The fourth-order valence-electron chi connectivity index (χ4n) is 3.58. The first-order chi connectivity index (χ1) is 14.8. The van der Waals surface area contributed by atoms with Gasteiger partial charge in [0.2, 0.25) is 5.91 Å². The number of hydrogen-bond acceptors (Lipinski definition) is 3. The van der Waals surface area contributed by atoms with E-state index in [1.165, 1.54) is 18.2 Å². The third kappa shape index (κ3) is 5.90. The molecule has 0 aliphatic carbocycles. The highest BCUT2D eigenvalue weighted by molar-refractivity contribution is 6.05. The molecule has 2 aromatic carbocycles. The van der Waals surface area contributed by atoms with Gasteiger partial charge < -0.3 is 15.5 Å². The zero-order valence-electron chi connectivity index (χ0n) is 17.9. The lowest BCUT2D eigenvalue weighted by molar-refractivity contribution is -0.126. The van der Waals surface area contributed by atoms with Crippen LogP contribution < -0.4 is 10.6 Å². The van der Waals surface area contributed by atoms with E-state index in [9.17, 15) is 18.8 Å². The summed E-state index contributed by atoms with van der Waals surface area (Å²) in [6, 6.07) is 12.3. The van der Waals surface area contributed by atoms with Crippen LogP contribution in [-0.4, -0.2) is 42.3 Å². The van der Waals surface area contributed by atoms with Crippen LogP contribution in [0, 0.1) is 17.7 Å². The van der Waals surface area contributed by atoms with Crippen molar-refractivity contribution in [1.29, 1.82) is 0 Å². The Balaban J connectivity index is 1.66. The van der Waals surface area contributed by atoms with Gasteiger partial charge in [0.15, 0.2) is 0 Å². The molecule has 7 heteroatoms. The number of likely N-dealkylation sites (tertiary alicyclic amines) is 1. The normalized spacial score (nSPS) is 16.1. The van der Waals surface area contributed by atoms with E-state index in [0.717, 1.165) is 12.8 Å². The molecule has 0 unspecified atom stereocenters. The molecule has 3 amide bonds. The van der Waals surface area contributed by atoms with E-state index in [1.54, 1.807) is 35.2 Å². The summed E-state index contributed by atoms with van der Waals surface area (Å²) in [6.07, 6.45) is 1.52. The fraction of sp³-hybridized carbons (Fsp3) is 0.375. The number of halogens is 1. The number of piperidine rings is 1. The molecular formula is C24H28FN3O3. The van der Waals surface area contributed by atoms with E-state index in [4.69, 9.17) is 0 Å². The summed E-state index contributed by atoms with van der Waals surface area (Å²) in [6.45, 7) is 5.64. The predicted molar refractivity (Wildman–Crippen MR) is 117 cm³/mol. The van der Waals surface area contributed by atoms with Crippen LogP contribution in [0.25, 0.3) is 0 Å². The summed E-state index contributed by atoms with van der Waals surface area (Å²) in [5.74, 6) is -1.25. The summed E-state index contributed by atoms with van der Waals surface area (Å²) in [4.78, 5) is 39.5. The third-order valence-electron chi connectivity index (χ3n) is 5.25. The molecule has 164 valence electrons. The Morgan fingerprint density at radius 2 is 1.90 bits per heavy atom. The van der Waals surface area contributed by atoms with Crippen LogP contribution in [-0.2, 0) is 4.79 Å². The summed E-state index contributed by atoms with van der Waals surface area (Å²) in [7, 11) is 0. The number of nitrogens with one attached hydrogen (secondary N) is 2. The van der Waals surface area contributed by atoms with Crippen molar-refractivity contribution in [1.82, 2.24) is 10.2 Å². The summed E-state index contributed by atoms with van der Waals surface area (Å²) in [5, 5.41) is 5.58. The van der Waals surface area contributed by atoms with Crippen LogP contribution in [0.4, 0.5) is 10.1 Å². The van der Waals surface area contributed by atoms with Gasteiger partial charge in [0.1, 0.15) is 5.82 Å². The Labute approximate surface area is 181 Å². The maximum atomic E-state index is 13.8. The number of rotatable bonds is 6. The Morgan fingerprint density at radius 1 is 1.13 bits per heavy atom. The lowest BCUT2D eigenvalue weighted by Gasteiger charge is -2.32. The third-order valence-corrected chi connectivity index (χ3v) is 5.25. The van der Waals surface area contributed by atoms with Gasteiger partial charge in [-0.05, 0) is 49.1 Å². The lowest BCUT2D eigenvalue weighted by Crippen LogP contribution is -2.46. The van der Waals surface area contributed by atoms with Crippen molar-refractivity contribution in [2.75, 3.05) is 25.0 Å². The average Bonchev–Trinajstić information content (AvgIpc) is 2.77. The minimum Gasteiger partial charge on any atom is -0.356 e. The van der Waals surface area contributed by atoms with E-state index < -0.39 is 11.7 Å². The van der Waals surface area contributed by atoms with Crippen LogP contribution >= 0.6 is 0 Å². The van der Waals surface area contributed by atoms with E-state index >= 15 is 0 Å². The van der Waals surface area contributed by atoms with Gasteiger partial charge >= 0.3 is 0 Å². The number of anilines is 1. The molecule has 2 aromatic rings. The number of nitrogens with zero attached hydrogens (tertiary/aromatic N) is 1. The second-order valence-electron chi connectivity index (χ2n) is 8.24. The van der Waals surface area contributed by atoms with E-state index in [2.05, 4.69) is 10.6 Å². The molecule has 0 spiro atoms. The van der Waals surface area contributed by atoms with E-state index in [-0.39, 0.29) is 23.3 Å². The number of amides is 3. The van der Waals surface area contributed by atoms with Gasteiger partial charge in [0, 0.05) is 30.9 Å². The molecule has 6 nitrogen and oxygen atoms in total. The maximum absolute atomic E-state index is 13.8. The van der Waals surface area contributed by atoms with Crippen LogP contribution in [0.5, 0.6) is 0 Å². The van der Waals surface area contributed by atoms with Crippen molar-refractivity contribution in [3.63, 3.8) is 0 Å². The van der Waals surface area contributed by atoms with Crippen LogP contribution in [0.1, 0.15) is 47.4 Å². The molecule has 1 atom stereocenters. The number of hydrogen-bond donors (Lipinski definition) is 2. The molecule has 3 rings (SSSR count). The predicted octanol–water partition coefficient (Wildman–Crippen LogP) is 3.70. The Hall–Kier alpha value is -3.22. The molecule has 31 heavy (non-hydrogen) atoms. The van der Waals surface area contributed by atoms with Crippen LogP contribution in [0.2, 0.25) is 0 Å². The molecule has 0 radical (unpaired) electrons. The van der Waals surface area contributed by atoms with Crippen LogP contribution in [0.3, 0.4) is 0 Å². The topological polar surface area (TPSA) is 78.5 Å². The van der Waals surface area contributed by atoms with Crippen molar-refractivity contribution in [3.8, 4) is 0 Å². The minimum atomic E-state index is -0.609. The van der Waals surface area contributed by atoms with Crippen molar-refractivity contribution < 1.29 is 18.8 Å². The fourth-order valence-corrected chi connectivity index (χ4v) is 3.58. The SMILES string of the molecule is CC(C)CNC(=O)[C@@H]1CCCN(C(=O)c2cccc(NC(=O)c3ccccc3F)c2)C1. The zero-order valence-corrected chi connectivity index (χ0v) is 17.9. The van der Waals surface area contributed by atoms with Crippen molar-refractivity contribution in [2.45, 2.75) is 26.7 Å². The van der Waals surface area contributed by atoms with E-state index in [0.29, 0.717) is 36.8 Å². The van der Waals surface area contributed by atoms with Gasteiger partial charge in [-0.2, -0.15) is 0 Å². The molecule has 2 N–H and O–H groups in total. The molecule has 1 aliphatic heterocycles. The van der Waals surface area contributed by atoms with Crippen molar-refractivity contribution in [3.05, 3.63) is 65.5 Å². The first kappa shape index (κ1) is 22.5. The molecule has 1 aliphatic rings. The second-order valence-corrected chi connectivity index (χ2v) is 8.24. The highest BCUT2D eigenvalue weighted by Crippen LogP contribution is 2.21. The summed E-state index contributed by atoms with van der Waals surface area (Å²) >= 11 is 0. The van der Waals surface area contributed by atoms with Gasteiger partial charge in [-0.15, -0.1) is 0 Å². The van der Waals surface area contributed by atoms with Gasteiger partial charge in [-0.1, -0.05) is 32.0 Å². The number of benzene rings is 2. The number of carbonyl (C=O) groups excluding carboxylic acids is 3. The average molecular weight is 426 g/mol. The highest BCUT2D eigenvalue weighted by atomic mass is 19.1. The standard InChI is InChI=1S/C24H28FN3O3/c1-16(2)14-26-22(29)18-8-6-12-28(15-18)24(31)17-7-5-9-19(13-17)27-23(30)20-10-3-4-11-21(20)25/h3-5,7,9-11,13,16,18H,6,8,12,14-15H2,1-2H3,(H,26,29)(H,27,30)/t18-/m1/s1. The molecule has 0 saturated carbocycles. The van der Waals surface area contributed by atoms with Gasteiger partial charge in [-0.25, -0.2) is 4.39 Å². The van der Waals surface area contributed by atoms with Gasteiger partial charge in [-0.3, -0.25) is 14.4 Å². The Bertz CT molecular complexity index is 961. The smallest absolute Gasteiger partial charge is 0.258 e. The lowest BCUT2D eigenvalue weighted by atomic mass is 9.96. The second kappa shape index (κ2) is 10.2. The monoisotopic (exact) mass is 425 g/mol. The highest BCUT2D eigenvalue weighted by Gasteiger charge is 2.29. The quantitative estimate of drug-likeness (QED) is 0.741. The molecular weight excluding hydrogens is 397 g/mol. The zero-order chi connectivity index (χ0) is 22.4. The van der Waals surface area contributed by atoms with Gasteiger partial charge in [0.05, 0.1) is 11.5 Å². The minimum absolute atomic E-state index is 0.0166. The summed E-state index contributed by atoms with van der Waals surface area (Å²) < 4.78 is 13.8.